The van der Waals surface area contributed by atoms with Crippen LogP contribution in [0.3, 0.4) is 0 Å². The monoisotopic (exact) mass is 267 g/mol. The highest BCUT2D eigenvalue weighted by Crippen LogP contribution is 2.29. The fraction of sp³-hybridized carbons (Fsp3) is 0.500. The van der Waals surface area contributed by atoms with E-state index in [-0.39, 0.29) is 6.04 Å². The number of nitrogens with one attached hydrogen (secondary N) is 1. The van der Waals surface area contributed by atoms with Crippen molar-refractivity contribution in [1.29, 1.82) is 0 Å². The zero-order valence-electron chi connectivity index (χ0n) is 10.4. The van der Waals surface area contributed by atoms with Crippen molar-refractivity contribution in [2.24, 2.45) is 0 Å². The van der Waals surface area contributed by atoms with Gasteiger partial charge in [0.2, 0.25) is 0 Å². The van der Waals surface area contributed by atoms with E-state index in [1.165, 1.54) is 26.9 Å². The summed E-state index contributed by atoms with van der Waals surface area (Å²) in [6.07, 6.45) is 1.13. The lowest BCUT2D eigenvalue weighted by molar-refractivity contribution is 0.604. The number of thiophene rings is 1. The summed E-state index contributed by atoms with van der Waals surface area (Å²) in [7, 11) is 0. The van der Waals surface area contributed by atoms with Gasteiger partial charge in [-0.05, 0) is 55.4 Å². The van der Waals surface area contributed by atoms with Gasteiger partial charge in [0.15, 0.2) is 0 Å². The van der Waals surface area contributed by atoms with Gasteiger partial charge in [-0.25, -0.2) is 0 Å². The van der Waals surface area contributed by atoms with Crippen LogP contribution < -0.4 is 5.32 Å². The fourth-order valence-electron chi connectivity index (χ4n) is 1.77. The minimum atomic E-state index is 0.250. The largest absolute Gasteiger partial charge is 0.305 e. The highest BCUT2D eigenvalue weighted by Gasteiger charge is 2.19. The molecular formula is C12H17N3S2. The molecule has 0 fully saturated rings. The topological polar surface area (TPSA) is 37.8 Å². The first-order valence-electron chi connectivity index (χ1n) is 5.79. The van der Waals surface area contributed by atoms with Crippen molar-refractivity contribution < 1.29 is 0 Å². The van der Waals surface area contributed by atoms with E-state index >= 15 is 0 Å². The summed E-state index contributed by atoms with van der Waals surface area (Å²) in [4.78, 5) is 2.58. The SMILES string of the molecule is CCCNC(c1csc(C)c1)c1snnc1C. The molecule has 2 heterocycles. The molecule has 0 saturated carbocycles. The zero-order chi connectivity index (χ0) is 12.3. The van der Waals surface area contributed by atoms with Crippen LogP contribution in [0, 0.1) is 13.8 Å². The Morgan fingerprint density at radius 1 is 1.41 bits per heavy atom. The lowest BCUT2D eigenvalue weighted by atomic mass is 10.1. The van der Waals surface area contributed by atoms with E-state index in [0.29, 0.717) is 0 Å². The van der Waals surface area contributed by atoms with Gasteiger partial charge in [0.25, 0.3) is 0 Å². The maximum absolute atomic E-state index is 4.11. The third kappa shape index (κ3) is 2.91. The highest BCUT2D eigenvalue weighted by atomic mass is 32.1. The first kappa shape index (κ1) is 12.7. The molecular weight excluding hydrogens is 250 g/mol. The first-order valence-corrected chi connectivity index (χ1v) is 7.45. The molecule has 0 amide bonds. The molecule has 0 aliphatic rings. The van der Waals surface area contributed by atoms with E-state index in [1.54, 1.807) is 11.3 Å². The van der Waals surface area contributed by atoms with Crippen LogP contribution in [0.1, 0.15) is 40.4 Å². The summed E-state index contributed by atoms with van der Waals surface area (Å²) in [5, 5.41) is 9.91. The molecule has 0 saturated heterocycles. The van der Waals surface area contributed by atoms with Crippen molar-refractivity contribution in [1.82, 2.24) is 14.9 Å². The average Bonchev–Trinajstić information content (AvgIpc) is 2.90. The lowest BCUT2D eigenvalue weighted by Gasteiger charge is -2.15. The normalized spacial score (nSPS) is 12.9. The van der Waals surface area contributed by atoms with E-state index in [2.05, 4.69) is 40.2 Å². The van der Waals surface area contributed by atoms with Crippen LogP contribution in [-0.2, 0) is 0 Å². The van der Waals surface area contributed by atoms with Gasteiger partial charge in [-0.15, -0.1) is 16.4 Å². The smallest absolute Gasteiger partial charge is 0.0776 e. The number of aryl methyl sites for hydroxylation is 2. The molecule has 0 aliphatic heterocycles. The number of hydrogen-bond acceptors (Lipinski definition) is 5. The fourth-order valence-corrected chi connectivity index (χ4v) is 3.25. The van der Waals surface area contributed by atoms with Crippen molar-refractivity contribution >= 4 is 22.9 Å². The molecule has 3 nitrogen and oxygen atoms in total. The maximum Gasteiger partial charge on any atom is 0.0776 e. The van der Waals surface area contributed by atoms with Crippen LogP contribution >= 0.6 is 22.9 Å². The quantitative estimate of drug-likeness (QED) is 0.903. The number of rotatable bonds is 5. The molecule has 2 rings (SSSR count). The molecule has 0 radical (unpaired) electrons. The van der Waals surface area contributed by atoms with E-state index in [9.17, 15) is 0 Å². The molecule has 0 spiro atoms. The number of nitrogens with zero attached hydrogens (tertiary/aromatic N) is 2. The maximum atomic E-state index is 4.11. The summed E-state index contributed by atoms with van der Waals surface area (Å²) in [5.41, 5.74) is 2.36. The Labute approximate surface area is 110 Å². The van der Waals surface area contributed by atoms with Gasteiger partial charge >= 0.3 is 0 Å². The van der Waals surface area contributed by atoms with Crippen LogP contribution in [0.25, 0.3) is 0 Å². The van der Waals surface area contributed by atoms with Crippen molar-refractivity contribution in [3.05, 3.63) is 32.5 Å². The van der Waals surface area contributed by atoms with E-state index in [0.717, 1.165) is 18.7 Å². The second-order valence-corrected chi connectivity index (χ2v) is 6.00. The third-order valence-corrected chi connectivity index (χ3v) is 4.40. The standard InChI is InChI=1S/C12H17N3S2/c1-4-5-13-11(10-6-8(2)16-7-10)12-9(3)14-15-17-12/h6-7,11,13H,4-5H2,1-3H3. The molecule has 1 N–H and O–H groups in total. The molecule has 1 atom stereocenters. The summed E-state index contributed by atoms with van der Waals surface area (Å²) in [5.74, 6) is 0. The minimum absolute atomic E-state index is 0.250. The Balaban J connectivity index is 2.28. The van der Waals surface area contributed by atoms with Crippen molar-refractivity contribution in [3.8, 4) is 0 Å². The van der Waals surface area contributed by atoms with Crippen LogP contribution in [0.4, 0.5) is 0 Å². The van der Waals surface area contributed by atoms with E-state index < -0.39 is 0 Å². The molecule has 0 aromatic carbocycles. The van der Waals surface area contributed by atoms with Gasteiger partial charge in [-0.3, -0.25) is 0 Å². The molecule has 0 aliphatic carbocycles. The Morgan fingerprint density at radius 3 is 2.76 bits per heavy atom. The first-order chi connectivity index (χ1) is 8.22. The van der Waals surface area contributed by atoms with Gasteiger partial charge in [0, 0.05) is 4.88 Å². The molecule has 0 bridgehead atoms. The second-order valence-electron chi connectivity index (χ2n) is 4.10. The third-order valence-electron chi connectivity index (χ3n) is 2.63. The Morgan fingerprint density at radius 2 is 2.24 bits per heavy atom. The Bertz CT molecular complexity index is 476. The molecule has 2 aromatic heterocycles. The van der Waals surface area contributed by atoms with Crippen molar-refractivity contribution in [2.75, 3.05) is 6.54 Å². The Kier molecular flexibility index (Phi) is 4.25. The molecule has 2 aromatic rings. The van der Waals surface area contributed by atoms with Gasteiger partial charge < -0.3 is 5.32 Å². The van der Waals surface area contributed by atoms with Gasteiger partial charge in [-0.1, -0.05) is 11.4 Å². The van der Waals surface area contributed by atoms with Crippen LogP contribution in [-0.4, -0.2) is 16.1 Å². The van der Waals surface area contributed by atoms with Crippen molar-refractivity contribution in [2.45, 2.75) is 33.2 Å². The summed E-state index contributed by atoms with van der Waals surface area (Å²) < 4.78 is 4.04. The average molecular weight is 267 g/mol. The molecule has 5 heteroatoms. The molecule has 92 valence electrons. The van der Waals surface area contributed by atoms with Gasteiger partial charge in [-0.2, -0.15) is 0 Å². The predicted octanol–water partition coefficient (Wildman–Crippen LogP) is 3.31. The van der Waals surface area contributed by atoms with Crippen LogP contribution in [0.15, 0.2) is 11.4 Å². The predicted molar refractivity (Wildman–Crippen MR) is 73.8 cm³/mol. The van der Waals surface area contributed by atoms with Gasteiger partial charge in [0.1, 0.15) is 0 Å². The van der Waals surface area contributed by atoms with Crippen LogP contribution in [0.2, 0.25) is 0 Å². The summed E-state index contributed by atoms with van der Waals surface area (Å²) >= 11 is 3.29. The highest BCUT2D eigenvalue weighted by molar-refractivity contribution is 7.10. The van der Waals surface area contributed by atoms with E-state index in [1.807, 2.05) is 6.92 Å². The lowest BCUT2D eigenvalue weighted by Crippen LogP contribution is -2.22. The summed E-state index contributed by atoms with van der Waals surface area (Å²) in [6, 6.07) is 2.50. The molecule has 17 heavy (non-hydrogen) atoms. The number of aromatic nitrogens is 2. The van der Waals surface area contributed by atoms with Crippen molar-refractivity contribution in [3.63, 3.8) is 0 Å². The second kappa shape index (κ2) is 5.71. The zero-order valence-corrected chi connectivity index (χ0v) is 12.0. The summed E-state index contributed by atoms with van der Waals surface area (Å²) in [6.45, 7) is 7.36. The number of hydrogen-bond donors (Lipinski definition) is 1. The minimum Gasteiger partial charge on any atom is -0.305 e. The van der Waals surface area contributed by atoms with Gasteiger partial charge in [0.05, 0.1) is 16.6 Å². The van der Waals surface area contributed by atoms with E-state index in [4.69, 9.17) is 0 Å². The van der Waals surface area contributed by atoms with Crippen LogP contribution in [0.5, 0.6) is 0 Å². The molecule has 1 unspecified atom stereocenters. The Hall–Kier alpha value is -0.780.